The lowest BCUT2D eigenvalue weighted by Gasteiger charge is -2.26. The van der Waals surface area contributed by atoms with Gasteiger partial charge in [-0.2, -0.15) is 0 Å². The van der Waals surface area contributed by atoms with Crippen molar-refractivity contribution < 1.29 is 8.42 Å². The molecule has 1 aromatic rings. The SMILES string of the molecule is CC(NC1CCS(=O)(=O)CC1)c1cc(Br)cs1. The Labute approximate surface area is 115 Å². The van der Waals surface area contributed by atoms with Gasteiger partial charge >= 0.3 is 0 Å². The van der Waals surface area contributed by atoms with Crippen LogP contribution in [0.15, 0.2) is 15.9 Å². The first-order valence-electron chi connectivity index (χ1n) is 5.67. The predicted molar refractivity (Wildman–Crippen MR) is 75.2 cm³/mol. The Morgan fingerprint density at radius 1 is 1.47 bits per heavy atom. The molecule has 1 fully saturated rings. The highest BCUT2D eigenvalue weighted by Crippen LogP contribution is 2.26. The number of sulfone groups is 1. The summed E-state index contributed by atoms with van der Waals surface area (Å²) in [6, 6.07) is 2.73. The second-order valence-corrected chi connectivity index (χ2v) is 8.64. The fraction of sp³-hybridized carbons (Fsp3) is 0.636. The monoisotopic (exact) mass is 337 g/mol. The zero-order chi connectivity index (χ0) is 12.5. The lowest BCUT2D eigenvalue weighted by Crippen LogP contribution is -2.38. The zero-order valence-corrected chi connectivity index (χ0v) is 12.9. The topological polar surface area (TPSA) is 46.2 Å². The maximum Gasteiger partial charge on any atom is 0.150 e. The molecule has 1 aliphatic heterocycles. The van der Waals surface area contributed by atoms with E-state index in [1.807, 2.05) is 0 Å². The molecule has 96 valence electrons. The molecule has 1 N–H and O–H groups in total. The molecular formula is C11H16BrNO2S2. The van der Waals surface area contributed by atoms with E-state index >= 15 is 0 Å². The minimum Gasteiger partial charge on any atom is -0.307 e. The largest absolute Gasteiger partial charge is 0.307 e. The molecule has 0 aliphatic carbocycles. The standard InChI is InChI=1S/C11H16BrNO2S2/c1-8(11-6-9(12)7-16-11)13-10-2-4-17(14,15)5-3-10/h6-8,10,13H,2-5H2,1H3. The van der Waals surface area contributed by atoms with Gasteiger partial charge in [0.05, 0.1) is 11.5 Å². The van der Waals surface area contributed by atoms with Gasteiger partial charge in [0, 0.05) is 26.8 Å². The average Bonchev–Trinajstić information content (AvgIpc) is 2.68. The van der Waals surface area contributed by atoms with Gasteiger partial charge < -0.3 is 5.32 Å². The summed E-state index contributed by atoms with van der Waals surface area (Å²) in [5, 5.41) is 5.58. The van der Waals surface area contributed by atoms with Crippen LogP contribution in [0.1, 0.15) is 30.7 Å². The maximum atomic E-state index is 11.3. The second kappa shape index (κ2) is 5.38. The molecule has 3 nitrogen and oxygen atoms in total. The van der Waals surface area contributed by atoms with Gasteiger partial charge in [0.1, 0.15) is 9.84 Å². The fourth-order valence-electron chi connectivity index (χ4n) is 2.05. The number of rotatable bonds is 3. The van der Waals surface area contributed by atoms with Crippen molar-refractivity contribution >= 4 is 37.1 Å². The Hall–Kier alpha value is 0.0900. The maximum absolute atomic E-state index is 11.3. The van der Waals surface area contributed by atoms with Crippen LogP contribution in [0.3, 0.4) is 0 Å². The van der Waals surface area contributed by atoms with Crippen molar-refractivity contribution in [2.24, 2.45) is 0 Å². The van der Waals surface area contributed by atoms with E-state index in [0.29, 0.717) is 17.5 Å². The molecule has 2 heterocycles. The molecule has 2 rings (SSSR count). The average molecular weight is 338 g/mol. The van der Waals surface area contributed by atoms with Gasteiger partial charge in [-0.1, -0.05) is 0 Å². The molecule has 1 saturated heterocycles. The highest BCUT2D eigenvalue weighted by molar-refractivity contribution is 9.10. The van der Waals surface area contributed by atoms with E-state index in [1.165, 1.54) is 4.88 Å². The first-order valence-corrected chi connectivity index (χ1v) is 9.16. The van der Waals surface area contributed by atoms with Crippen molar-refractivity contribution in [1.29, 1.82) is 0 Å². The summed E-state index contributed by atoms with van der Waals surface area (Å²) in [4.78, 5) is 1.28. The van der Waals surface area contributed by atoms with Crippen LogP contribution < -0.4 is 5.32 Å². The summed E-state index contributed by atoms with van der Waals surface area (Å²) >= 11 is 5.16. The van der Waals surface area contributed by atoms with Gasteiger partial charge in [0.15, 0.2) is 0 Å². The third-order valence-electron chi connectivity index (χ3n) is 3.05. The summed E-state index contributed by atoms with van der Waals surface area (Å²) in [5.41, 5.74) is 0. The Balaban J connectivity index is 1.90. The van der Waals surface area contributed by atoms with Gasteiger partial charge in [-0.15, -0.1) is 11.3 Å². The Morgan fingerprint density at radius 3 is 2.65 bits per heavy atom. The fourth-order valence-corrected chi connectivity index (χ4v) is 5.00. The number of thiophene rings is 1. The molecular weight excluding hydrogens is 322 g/mol. The highest BCUT2D eigenvalue weighted by atomic mass is 79.9. The van der Waals surface area contributed by atoms with Crippen LogP contribution in [0, 0.1) is 0 Å². The van der Waals surface area contributed by atoms with E-state index < -0.39 is 9.84 Å². The lowest BCUT2D eigenvalue weighted by molar-refractivity contribution is 0.423. The first kappa shape index (κ1) is 13.5. The van der Waals surface area contributed by atoms with Crippen LogP contribution in [-0.2, 0) is 9.84 Å². The van der Waals surface area contributed by atoms with Crippen molar-refractivity contribution in [2.45, 2.75) is 31.8 Å². The quantitative estimate of drug-likeness (QED) is 0.922. The van der Waals surface area contributed by atoms with Gasteiger partial charge in [-0.25, -0.2) is 8.42 Å². The van der Waals surface area contributed by atoms with E-state index in [0.717, 1.165) is 17.3 Å². The van der Waals surface area contributed by atoms with Crippen LogP contribution in [0.4, 0.5) is 0 Å². The smallest absolute Gasteiger partial charge is 0.150 e. The van der Waals surface area contributed by atoms with E-state index in [9.17, 15) is 8.42 Å². The molecule has 6 heteroatoms. The van der Waals surface area contributed by atoms with E-state index in [-0.39, 0.29) is 6.04 Å². The summed E-state index contributed by atoms with van der Waals surface area (Å²) in [5.74, 6) is 0.650. The third kappa shape index (κ3) is 3.77. The minimum atomic E-state index is -2.76. The van der Waals surface area contributed by atoms with Crippen LogP contribution in [0.2, 0.25) is 0 Å². The van der Waals surface area contributed by atoms with Crippen molar-refractivity contribution in [3.63, 3.8) is 0 Å². The van der Waals surface area contributed by atoms with Crippen molar-refractivity contribution in [3.05, 3.63) is 20.8 Å². The zero-order valence-electron chi connectivity index (χ0n) is 9.65. The summed E-state index contributed by atoms with van der Waals surface area (Å²) in [7, 11) is -2.76. The van der Waals surface area contributed by atoms with Gasteiger partial charge in [-0.05, 0) is 41.8 Å². The predicted octanol–water partition coefficient (Wildman–Crippen LogP) is 2.74. The van der Waals surface area contributed by atoms with Crippen LogP contribution >= 0.6 is 27.3 Å². The lowest BCUT2D eigenvalue weighted by atomic mass is 10.1. The van der Waals surface area contributed by atoms with E-state index in [2.05, 4.69) is 39.6 Å². The third-order valence-corrected chi connectivity index (χ3v) is 6.65. The summed E-state index contributed by atoms with van der Waals surface area (Å²) in [6.45, 7) is 2.13. The minimum absolute atomic E-state index is 0.289. The van der Waals surface area contributed by atoms with E-state index in [1.54, 1.807) is 11.3 Å². The molecule has 17 heavy (non-hydrogen) atoms. The van der Waals surface area contributed by atoms with Crippen LogP contribution in [0.5, 0.6) is 0 Å². The highest BCUT2D eigenvalue weighted by Gasteiger charge is 2.24. The van der Waals surface area contributed by atoms with Crippen molar-refractivity contribution in [3.8, 4) is 0 Å². The molecule has 0 bridgehead atoms. The van der Waals surface area contributed by atoms with Gasteiger partial charge in [0.2, 0.25) is 0 Å². The number of nitrogens with one attached hydrogen (secondary N) is 1. The summed E-state index contributed by atoms with van der Waals surface area (Å²) < 4.78 is 23.8. The first-order chi connectivity index (χ1) is 7.96. The summed E-state index contributed by atoms with van der Waals surface area (Å²) in [6.07, 6.45) is 1.47. The Bertz CT molecular complexity index is 469. The second-order valence-electron chi connectivity index (χ2n) is 4.48. The van der Waals surface area contributed by atoms with Crippen molar-refractivity contribution in [2.75, 3.05) is 11.5 Å². The molecule has 0 saturated carbocycles. The molecule has 0 spiro atoms. The number of halogens is 1. The molecule has 0 radical (unpaired) electrons. The molecule has 1 aliphatic rings. The molecule has 1 atom stereocenters. The Morgan fingerprint density at radius 2 is 2.12 bits per heavy atom. The molecule has 1 aromatic heterocycles. The van der Waals surface area contributed by atoms with Gasteiger partial charge in [0.25, 0.3) is 0 Å². The van der Waals surface area contributed by atoms with E-state index in [4.69, 9.17) is 0 Å². The Kier molecular flexibility index (Phi) is 4.28. The van der Waals surface area contributed by atoms with Crippen molar-refractivity contribution in [1.82, 2.24) is 5.32 Å². The van der Waals surface area contributed by atoms with Crippen LogP contribution in [0.25, 0.3) is 0 Å². The molecule has 0 amide bonds. The normalized spacial score (nSPS) is 22.5. The molecule has 0 aromatic carbocycles. The van der Waals surface area contributed by atoms with Gasteiger partial charge in [-0.3, -0.25) is 0 Å². The van der Waals surface area contributed by atoms with Crippen LogP contribution in [-0.4, -0.2) is 26.0 Å². The number of hydrogen-bond acceptors (Lipinski definition) is 4. The molecule has 1 unspecified atom stereocenters. The number of hydrogen-bond donors (Lipinski definition) is 1.